The lowest BCUT2D eigenvalue weighted by atomic mass is 10.1. The molecule has 0 spiro atoms. The molecule has 0 aliphatic heterocycles. The van der Waals surface area contributed by atoms with Crippen LogP contribution in [0.1, 0.15) is 35.1 Å². The largest absolute Gasteiger partial charge is 0.372 e. The van der Waals surface area contributed by atoms with Gasteiger partial charge in [0, 0.05) is 31.0 Å². The normalized spacial score (nSPS) is 10.9. The van der Waals surface area contributed by atoms with E-state index in [1.807, 2.05) is 32.0 Å². The predicted octanol–water partition coefficient (Wildman–Crippen LogP) is 3.49. The van der Waals surface area contributed by atoms with E-state index in [2.05, 4.69) is 39.4 Å². The fraction of sp³-hybridized carbons (Fsp3) is 0.350. The number of hydrogen-bond donors (Lipinski definition) is 1. The van der Waals surface area contributed by atoms with E-state index in [0.717, 1.165) is 25.2 Å². The number of anilines is 1. The summed E-state index contributed by atoms with van der Waals surface area (Å²) >= 11 is 0. The Balaban J connectivity index is 1.60. The summed E-state index contributed by atoms with van der Waals surface area (Å²) in [5.41, 5.74) is 3.60. The maximum absolute atomic E-state index is 12.6. The lowest BCUT2D eigenvalue weighted by molar-refractivity contribution is 0.0955. The monoisotopic (exact) mass is 352 g/mol. The van der Waals surface area contributed by atoms with Gasteiger partial charge < -0.3 is 14.7 Å². The summed E-state index contributed by atoms with van der Waals surface area (Å²) < 4.78 is 5.19. The van der Waals surface area contributed by atoms with Crippen molar-refractivity contribution in [3.8, 4) is 0 Å². The molecule has 0 saturated heterocycles. The molecule has 2 heterocycles. The van der Waals surface area contributed by atoms with Gasteiger partial charge in [-0.2, -0.15) is 0 Å². The number of pyridine rings is 1. The summed E-state index contributed by atoms with van der Waals surface area (Å²) in [6, 6.07) is 12.1. The summed E-state index contributed by atoms with van der Waals surface area (Å²) in [7, 11) is 0. The van der Waals surface area contributed by atoms with Crippen molar-refractivity contribution in [3.05, 3.63) is 53.3 Å². The molecule has 136 valence electrons. The highest BCUT2D eigenvalue weighted by atomic mass is 16.5. The van der Waals surface area contributed by atoms with Crippen LogP contribution in [-0.2, 0) is 0 Å². The van der Waals surface area contributed by atoms with E-state index in [-0.39, 0.29) is 5.91 Å². The van der Waals surface area contributed by atoms with E-state index >= 15 is 0 Å². The van der Waals surface area contributed by atoms with Gasteiger partial charge in [-0.25, -0.2) is 4.98 Å². The standard InChI is InChI=1S/C20H24N4O2/c1-4-24(16-9-6-5-7-10-16)12-8-11-21-19(25)17-13-14(2)22-20-18(17)15(3)23-26-20/h5-7,9-10,13H,4,8,11-12H2,1-3H3,(H,21,25). The molecule has 0 unspecified atom stereocenters. The molecule has 1 aromatic carbocycles. The Morgan fingerprint density at radius 2 is 2.00 bits per heavy atom. The molecular weight excluding hydrogens is 328 g/mol. The molecule has 3 aromatic rings. The second kappa shape index (κ2) is 7.99. The SMILES string of the molecule is CCN(CCCNC(=O)c1cc(C)nc2onc(C)c12)c1ccccc1. The smallest absolute Gasteiger partial charge is 0.258 e. The van der Waals surface area contributed by atoms with Crippen LogP contribution in [0.5, 0.6) is 0 Å². The molecule has 26 heavy (non-hydrogen) atoms. The minimum Gasteiger partial charge on any atom is -0.372 e. The molecular formula is C20H24N4O2. The average molecular weight is 352 g/mol. The molecule has 0 atom stereocenters. The van der Waals surface area contributed by atoms with Crippen molar-refractivity contribution in [3.63, 3.8) is 0 Å². The zero-order valence-electron chi connectivity index (χ0n) is 15.5. The highest BCUT2D eigenvalue weighted by Gasteiger charge is 2.17. The number of carbonyl (C=O) groups is 1. The molecule has 0 aliphatic carbocycles. The fourth-order valence-corrected chi connectivity index (χ4v) is 3.07. The second-order valence-corrected chi connectivity index (χ2v) is 6.28. The first-order valence-electron chi connectivity index (χ1n) is 8.92. The molecule has 1 amide bonds. The minimum atomic E-state index is -0.116. The number of nitrogens with one attached hydrogen (secondary N) is 1. The van der Waals surface area contributed by atoms with Crippen LogP contribution in [0.25, 0.3) is 11.1 Å². The molecule has 0 aliphatic rings. The molecule has 0 fully saturated rings. The van der Waals surface area contributed by atoms with Crippen LogP contribution in [0.2, 0.25) is 0 Å². The number of nitrogens with zero attached hydrogens (tertiary/aromatic N) is 3. The van der Waals surface area contributed by atoms with Gasteiger partial charge in [-0.05, 0) is 45.4 Å². The summed E-state index contributed by atoms with van der Waals surface area (Å²) in [4.78, 5) is 19.2. The van der Waals surface area contributed by atoms with Crippen molar-refractivity contribution in [2.24, 2.45) is 0 Å². The average Bonchev–Trinajstić information content (AvgIpc) is 3.02. The minimum absolute atomic E-state index is 0.116. The van der Waals surface area contributed by atoms with E-state index < -0.39 is 0 Å². The first-order valence-corrected chi connectivity index (χ1v) is 8.92. The third-order valence-electron chi connectivity index (χ3n) is 4.38. The van der Waals surface area contributed by atoms with Crippen LogP contribution >= 0.6 is 0 Å². The number of aromatic nitrogens is 2. The van der Waals surface area contributed by atoms with Gasteiger partial charge in [0.25, 0.3) is 11.6 Å². The highest BCUT2D eigenvalue weighted by Crippen LogP contribution is 2.21. The lowest BCUT2D eigenvalue weighted by Gasteiger charge is -2.23. The van der Waals surface area contributed by atoms with E-state index in [4.69, 9.17) is 4.52 Å². The van der Waals surface area contributed by atoms with Crippen molar-refractivity contribution in [1.29, 1.82) is 0 Å². The Morgan fingerprint density at radius 3 is 2.73 bits per heavy atom. The topological polar surface area (TPSA) is 71.3 Å². The number of aryl methyl sites for hydroxylation is 2. The van der Waals surface area contributed by atoms with Gasteiger partial charge in [0.1, 0.15) is 0 Å². The predicted molar refractivity (Wildman–Crippen MR) is 103 cm³/mol. The quantitative estimate of drug-likeness (QED) is 0.659. The van der Waals surface area contributed by atoms with Gasteiger partial charge in [-0.15, -0.1) is 0 Å². The molecule has 1 N–H and O–H groups in total. The molecule has 0 saturated carbocycles. The van der Waals surface area contributed by atoms with Gasteiger partial charge in [-0.3, -0.25) is 4.79 Å². The van der Waals surface area contributed by atoms with Crippen LogP contribution in [-0.4, -0.2) is 35.7 Å². The molecule has 0 bridgehead atoms. The summed E-state index contributed by atoms with van der Waals surface area (Å²) in [6.07, 6.45) is 0.865. The maximum atomic E-state index is 12.6. The zero-order chi connectivity index (χ0) is 18.5. The van der Waals surface area contributed by atoms with E-state index in [9.17, 15) is 4.79 Å². The first kappa shape index (κ1) is 17.9. The van der Waals surface area contributed by atoms with Crippen LogP contribution in [0.4, 0.5) is 5.69 Å². The number of rotatable bonds is 7. The van der Waals surface area contributed by atoms with Crippen molar-refractivity contribution >= 4 is 22.7 Å². The van der Waals surface area contributed by atoms with Gasteiger partial charge >= 0.3 is 0 Å². The third-order valence-corrected chi connectivity index (χ3v) is 4.38. The Kier molecular flexibility index (Phi) is 5.51. The summed E-state index contributed by atoms with van der Waals surface area (Å²) in [6.45, 7) is 8.22. The van der Waals surface area contributed by atoms with Crippen molar-refractivity contribution in [2.45, 2.75) is 27.2 Å². The van der Waals surface area contributed by atoms with Crippen molar-refractivity contribution in [2.75, 3.05) is 24.5 Å². The first-order chi connectivity index (χ1) is 12.6. The molecule has 0 radical (unpaired) electrons. The maximum Gasteiger partial charge on any atom is 0.258 e. The van der Waals surface area contributed by atoms with E-state index in [1.54, 1.807) is 6.07 Å². The van der Waals surface area contributed by atoms with Crippen LogP contribution < -0.4 is 10.2 Å². The third kappa shape index (κ3) is 3.85. The number of benzene rings is 1. The summed E-state index contributed by atoms with van der Waals surface area (Å²) in [5, 5.41) is 7.61. The van der Waals surface area contributed by atoms with E-state index in [1.165, 1.54) is 5.69 Å². The second-order valence-electron chi connectivity index (χ2n) is 6.28. The van der Waals surface area contributed by atoms with Crippen LogP contribution in [0.15, 0.2) is 40.9 Å². The summed E-state index contributed by atoms with van der Waals surface area (Å²) in [5.74, 6) is -0.116. The Labute approximate surface area is 153 Å². The molecule has 2 aromatic heterocycles. The molecule has 6 nitrogen and oxygen atoms in total. The van der Waals surface area contributed by atoms with Crippen molar-refractivity contribution in [1.82, 2.24) is 15.5 Å². The van der Waals surface area contributed by atoms with Crippen molar-refractivity contribution < 1.29 is 9.32 Å². The zero-order valence-corrected chi connectivity index (χ0v) is 15.5. The van der Waals surface area contributed by atoms with E-state index in [0.29, 0.717) is 28.9 Å². The lowest BCUT2D eigenvalue weighted by Crippen LogP contribution is -2.30. The fourth-order valence-electron chi connectivity index (χ4n) is 3.07. The van der Waals surface area contributed by atoms with Gasteiger partial charge in [0.2, 0.25) is 0 Å². The number of carbonyl (C=O) groups excluding carboxylic acids is 1. The Morgan fingerprint density at radius 1 is 1.23 bits per heavy atom. The number of para-hydroxylation sites is 1. The Hall–Kier alpha value is -2.89. The van der Waals surface area contributed by atoms with Gasteiger partial charge in [-0.1, -0.05) is 23.4 Å². The van der Waals surface area contributed by atoms with Crippen LogP contribution in [0.3, 0.4) is 0 Å². The van der Waals surface area contributed by atoms with Gasteiger partial charge in [0.15, 0.2) is 0 Å². The Bertz CT molecular complexity index is 889. The number of hydrogen-bond acceptors (Lipinski definition) is 5. The highest BCUT2D eigenvalue weighted by molar-refractivity contribution is 6.06. The number of fused-ring (bicyclic) bond motifs is 1. The molecule has 6 heteroatoms. The molecule has 3 rings (SSSR count). The van der Waals surface area contributed by atoms with Gasteiger partial charge in [0.05, 0.1) is 16.6 Å². The van der Waals surface area contributed by atoms with Crippen LogP contribution in [0, 0.1) is 13.8 Å². The number of amides is 1.